The van der Waals surface area contributed by atoms with E-state index < -0.39 is 6.10 Å². The highest BCUT2D eigenvalue weighted by molar-refractivity contribution is 5.59. The Morgan fingerprint density at radius 2 is 2.25 bits per heavy atom. The van der Waals surface area contributed by atoms with E-state index in [4.69, 9.17) is 5.73 Å². The molecule has 1 heterocycles. The van der Waals surface area contributed by atoms with Crippen molar-refractivity contribution >= 4 is 11.4 Å². The minimum Gasteiger partial charge on any atom is -0.399 e. The molecule has 4 heteroatoms. The van der Waals surface area contributed by atoms with Gasteiger partial charge in [-0.25, -0.2) is 0 Å². The fraction of sp³-hybridized carbons (Fsp3) is 0.500. The van der Waals surface area contributed by atoms with Crippen molar-refractivity contribution in [3.63, 3.8) is 0 Å². The Balaban J connectivity index is 2.27. The van der Waals surface area contributed by atoms with Gasteiger partial charge in [0.25, 0.3) is 0 Å². The van der Waals surface area contributed by atoms with Gasteiger partial charge in [-0.1, -0.05) is 0 Å². The van der Waals surface area contributed by atoms with Crippen LogP contribution in [0.25, 0.3) is 0 Å². The number of nitrogens with zero attached hydrogens (tertiary/aromatic N) is 1. The van der Waals surface area contributed by atoms with E-state index in [1.165, 1.54) is 0 Å². The molecule has 16 heavy (non-hydrogen) atoms. The first-order valence-corrected chi connectivity index (χ1v) is 5.55. The van der Waals surface area contributed by atoms with E-state index >= 15 is 0 Å². The number of rotatable bonds is 2. The second-order valence-electron chi connectivity index (χ2n) is 4.34. The maximum absolute atomic E-state index is 9.72. The van der Waals surface area contributed by atoms with Crippen molar-refractivity contribution in [2.45, 2.75) is 25.5 Å². The molecule has 1 aliphatic rings. The van der Waals surface area contributed by atoms with Gasteiger partial charge in [0.05, 0.1) is 18.8 Å². The summed E-state index contributed by atoms with van der Waals surface area (Å²) >= 11 is 0. The van der Waals surface area contributed by atoms with Gasteiger partial charge in [0.1, 0.15) is 0 Å². The zero-order valence-corrected chi connectivity index (χ0v) is 9.43. The summed E-state index contributed by atoms with van der Waals surface area (Å²) in [5.41, 5.74) is 8.57. The smallest absolute Gasteiger partial charge is 0.0782 e. The average molecular weight is 222 g/mol. The average Bonchev–Trinajstić information content (AvgIpc) is 2.63. The first-order valence-electron chi connectivity index (χ1n) is 5.55. The van der Waals surface area contributed by atoms with Crippen molar-refractivity contribution in [3.05, 3.63) is 23.8 Å². The molecule has 0 aromatic heterocycles. The summed E-state index contributed by atoms with van der Waals surface area (Å²) in [6.07, 6.45) is 0.261. The van der Waals surface area contributed by atoms with Crippen LogP contribution in [0.15, 0.2) is 18.2 Å². The summed E-state index contributed by atoms with van der Waals surface area (Å²) < 4.78 is 0. The number of aliphatic hydroxyl groups is 2. The van der Waals surface area contributed by atoms with E-state index in [2.05, 4.69) is 0 Å². The first-order chi connectivity index (χ1) is 7.63. The maximum atomic E-state index is 9.72. The van der Waals surface area contributed by atoms with Gasteiger partial charge < -0.3 is 20.8 Å². The number of aliphatic hydroxyl groups excluding tert-OH is 2. The first kappa shape index (κ1) is 11.2. The number of nitrogens with two attached hydrogens (primary N) is 1. The molecule has 1 fully saturated rings. The van der Waals surface area contributed by atoms with Crippen LogP contribution in [0.1, 0.15) is 12.0 Å². The Bertz CT molecular complexity index is 381. The SMILES string of the molecule is Cc1cc(N2CCC(O)C2CO)ccc1N. The van der Waals surface area contributed by atoms with Crippen LogP contribution in [0.5, 0.6) is 0 Å². The highest BCUT2D eigenvalue weighted by Crippen LogP contribution is 2.28. The minimum atomic E-state index is -0.442. The lowest BCUT2D eigenvalue weighted by atomic mass is 10.1. The molecule has 0 bridgehead atoms. The minimum absolute atomic E-state index is 0.0232. The van der Waals surface area contributed by atoms with Crippen molar-refractivity contribution in [3.8, 4) is 0 Å². The van der Waals surface area contributed by atoms with Crippen LogP contribution in [0.3, 0.4) is 0 Å². The molecule has 4 N–H and O–H groups in total. The van der Waals surface area contributed by atoms with Crippen LogP contribution < -0.4 is 10.6 Å². The molecule has 0 saturated carbocycles. The van der Waals surface area contributed by atoms with Crippen LogP contribution in [-0.4, -0.2) is 35.5 Å². The van der Waals surface area contributed by atoms with Gasteiger partial charge in [-0.05, 0) is 37.1 Å². The van der Waals surface area contributed by atoms with Gasteiger partial charge in [0.15, 0.2) is 0 Å². The zero-order valence-electron chi connectivity index (χ0n) is 9.43. The molecule has 88 valence electrons. The van der Waals surface area contributed by atoms with E-state index in [9.17, 15) is 10.2 Å². The van der Waals surface area contributed by atoms with Crippen molar-refractivity contribution in [1.82, 2.24) is 0 Å². The third kappa shape index (κ3) is 1.86. The molecule has 4 nitrogen and oxygen atoms in total. The molecule has 1 saturated heterocycles. The monoisotopic (exact) mass is 222 g/mol. The van der Waals surface area contributed by atoms with Crippen molar-refractivity contribution in [1.29, 1.82) is 0 Å². The fourth-order valence-corrected chi connectivity index (χ4v) is 2.22. The van der Waals surface area contributed by atoms with Crippen molar-refractivity contribution in [2.24, 2.45) is 0 Å². The lowest BCUT2D eigenvalue weighted by molar-refractivity contribution is 0.128. The standard InChI is InChI=1S/C12H18N2O2/c1-8-6-9(2-3-10(8)13)14-5-4-12(16)11(14)7-15/h2-3,6,11-12,15-16H,4-5,7,13H2,1H3. The lowest BCUT2D eigenvalue weighted by Gasteiger charge is -2.27. The number of aryl methyl sites for hydroxylation is 1. The Kier molecular flexibility index (Phi) is 3.03. The number of benzene rings is 1. The van der Waals surface area contributed by atoms with E-state index in [1.807, 2.05) is 30.0 Å². The van der Waals surface area contributed by atoms with Crippen LogP contribution >= 0.6 is 0 Å². The van der Waals surface area contributed by atoms with Gasteiger partial charge in [0, 0.05) is 17.9 Å². The van der Waals surface area contributed by atoms with Crippen LogP contribution in [-0.2, 0) is 0 Å². The van der Waals surface area contributed by atoms with Crippen LogP contribution in [0.4, 0.5) is 11.4 Å². The van der Waals surface area contributed by atoms with E-state index in [-0.39, 0.29) is 12.6 Å². The second-order valence-corrected chi connectivity index (χ2v) is 4.34. The number of nitrogen functional groups attached to an aromatic ring is 1. The molecule has 1 aliphatic heterocycles. The molecule has 1 aromatic rings. The molecule has 2 rings (SSSR count). The molecular weight excluding hydrogens is 204 g/mol. The largest absolute Gasteiger partial charge is 0.399 e. The number of hydrogen-bond donors (Lipinski definition) is 3. The molecule has 0 amide bonds. The van der Waals surface area contributed by atoms with Gasteiger partial charge in [-0.2, -0.15) is 0 Å². The van der Waals surface area contributed by atoms with E-state index in [0.29, 0.717) is 6.42 Å². The summed E-state index contributed by atoms with van der Waals surface area (Å²) in [6.45, 7) is 2.71. The van der Waals surface area contributed by atoms with E-state index in [1.54, 1.807) is 0 Å². The summed E-state index contributed by atoms with van der Waals surface area (Å²) in [4.78, 5) is 2.04. The van der Waals surface area contributed by atoms with Gasteiger partial charge in [-0.15, -0.1) is 0 Å². The normalized spacial score (nSPS) is 25.1. The lowest BCUT2D eigenvalue weighted by Crippen LogP contribution is -2.38. The topological polar surface area (TPSA) is 69.7 Å². The van der Waals surface area contributed by atoms with Crippen molar-refractivity contribution < 1.29 is 10.2 Å². The molecule has 0 aliphatic carbocycles. The van der Waals surface area contributed by atoms with Crippen LogP contribution in [0, 0.1) is 6.92 Å². The predicted molar refractivity (Wildman–Crippen MR) is 64.4 cm³/mol. The molecule has 2 unspecified atom stereocenters. The summed E-state index contributed by atoms with van der Waals surface area (Å²) in [5.74, 6) is 0. The van der Waals surface area contributed by atoms with E-state index in [0.717, 1.165) is 23.5 Å². The molecule has 1 aromatic carbocycles. The molecule has 0 radical (unpaired) electrons. The highest BCUT2D eigenvalue weighted by atomic mass is 16.3. The Morgan fingerprint density at radius 1 is 1.50 bits per heavy atom. The van der Waals surface area contributed by atoms with Gasteiger partial charge in [0.2, 0.25) is 0 Å². The predicted octanol–water partition coefficient (Wildman–Crippen LogP) is 0.509. The molecule has 2 atom stereocenters. The fourth-order valence-electron chi connectivity index (χ4n) is 2.22. The van der Waals surface area contributed by atoms with Gasteiger partial charge in [-0.3, -0.25) is 0 Å². The highest BCUT2D eigenvalue weighted by Gasteiger charge is 2.32. The van der Waals surface area contributed by atoms with Gasteiger partial charge >= 0.3 is 0 Å². The quantitative estimate of drug-likeness (QED) is 0.638. The molecular formula is C12H18N2O2. The summed E-state index contributed by atoms with van der Waals surface area (Å²) in [7, 11) is 0. The van der Waals surface area contributed by atoms with Crippen molar-refractivity contribution in [2.75, 3.05) is 23.8 Å². The third-order valence-electron chi connectivity index (χ3n) is 3.28. The number of anilines is 2. The summed E-state index contributed by atoms with van der Waals surface area (Å²) in [6, 6.07) is 5.60. The Labute approximate surface area is 95.3 Å². The Hall–Kier alpha value is -1.26. The maximum Gasteiger partial charge on any atom is 0.0782 e. The third-order valence-corrected chi connectivity index (χ3v) is 3.28. The second kappa shape index (κ2) is 4.31. The number of hydrogen-bond acceptors (Lipinski definition) is 4. The summed E-state index contributed by atoms with van der Waals surface area (Å²) in [5, 5.41) is 19.0. The zero-order chi connectivity index (χ0) is 11.7. The molecule has 0 spiro atoms. The Morgan fingerprint density at radius 3 is 2.88 bits per heavy atom. The van der Waals surface area contributed by atoms with Crippen LogP contribution in [0.2, 0.25) is 0 Å².